The molecule has 0 radical (unpaired) electrons. The summed E-state index contributed by atoms with van der Waals surface area (Å²) in [5.41, 5.74) is -3.27. The number of hydrogen-bond donors (Lipinski definition) is 1. The van der Waals surface area contributed by atoms with Crippen molar-refractivity contribution in [3.8, 4) is 11.3 Å². The van der Waals surface area contributed by atoms with Crippen molar-refractivity contribution in [2.45, 2.75) is 44.8 Å². The van der Waals surface area contributed by atoms with Crippen LogP contribution < -0.4 is 0 Å². The van der Waals surface area contributed by atoms with Gasteiger partial charge in [-0.1, -0.05) is 0 Å². The second-order valence-electron chi connectivity index (χ2n) is 6.87. The molecule has 2 aromatic rings. The third kappa shape index (κ3) is 4.42. The molecule has 0 saturated carbocycles. The molecule has 0 spiro atoms. The van der Waals surface area contributed by atoms with Gasteiger partial charge >= 0.3 is 18.3 Å². The van der Waals surface area contributed by atoms with Gasteiger partial charge in [0.25, 0.3) is 0 Å². The summed E-state index contributed by atoms with van der Waals surface area (Å²) < 4.78 is 86.1. The Morgan fingerprint density at radius 3 is 2.14 bits per heavy atom. The quantitative estimate of drug-likeness (QED) is 0.675. The summed E-state index contributed by atoms with van der Waals surface area (Å²) in [6.45, 7) is 2.08. The van der Waals surface area contributed by atoms with Crippen LogP contribution in [0.2, 0.25) is 0 Å². The van der Waals surface area contributed by atoms with E-state index in [2.05, 4.69) is 0 Å². The molecule has 1 aromatic heterocycles. The lowest BCUT2D eigenvalue weighted by Gasteiger charge is -2.18. The van der Waals surface area contributed by atoms with Gasteiger partial charge in [0.05, 0.1) is 22.8 Å². The van der Waals surface area contributed by atoms with Gasteiger partial charge in [-0.25, -0.2) is 4.79 Å². The average molecular weight is 421 g/mol. The Morgan fingerprint density at radius 1 is 1.10 bits per heavy atom. The van der Waals surface area contributed by atoms with Gasteiger partial charge in [0.1, 0.15) is 0 Å². The van der Waals surface area contributed by atoms with Crippen LogP contribution in [0.1, 0.15) is 40.0 Å². The predicted molar refractivity (Wildman–Crippen MR) is 90.5 cm³/mol. The molecule has 1 saturated heterocycles. The number of hydrogen-bond acceptors (Lipinski definition) is 2. The minimum atomic E-state index is -4.99. The van der Waals surface area contributed by atoms with Crippen LogP contribution in [0, 0.1) is 6.92 Å². The lowest BCUT2D eigenvalue weighted by Crippen LogP contribution is -2.17. The zero-order valence-electron chi connectivity index (χ0n) is 15.2. The third-order valence-electron chi connectivity index (χ3n) is 4.89. The lowest BCUT2D eigenvalue weighted by molar-refractivity contribution is -0.143. The topological polar surface area (TPSA) is 51.5 Å². The fourth-order valence-electron chi connectivity index (χ4n) is 3.43. The maximum Gasteiger partial charge on any atom is 0.416 e. The smallest absolute Gasteiger partial charge is 0.416 e. The number of ether oxygens (including phenoxy) is 1. The minimum Gasteiger partial charge on any atom is -0.478 e. The Labute approximate surface area is 161 Å². The number of aromatic nitrogens is 1. The number of nitrogens with zero attached hydrogens (tertiary/aromatic N) is 1. The van der Waals surface area contributed by atoms with Crippen LogP contribution in [-0.2, 0) is 23.6 Å². The van der Waals surface area contributed by atoms with Crippen LogP contribution in [0.4, 0.5) is 26.3 Å². The molecular formula is C19H17F6NO3. The fraction of sp³-hybridized carbons (Fsp3) is 0.421. The summed E-state index contributed by atoms with van der Waals surface area (Å²) >= 11 is 0. The van der Waals surface area contributed by atoms with Gasteiger partial charge in [0.2, 0.25) is 0 Å². The van der Waals surface area contributed by atoms with Gasteiger partial charge < -0.3 is 14.4 Å². The first-order valence-corrected chi connectivity index (χ1v) is 8.73. The standard InChI is InChI=1S/C19H17F6NO3/c1-10-15(17(27)28)8-16(26(10)9-14-3-2-4-29-14)11-5-12(18(20,21)22)7-13(6-11)19(23,24)25/h5-8,14H,2-4,9H2,1H3,(H,27,28). The normalized spacial score (nSPS) is 17.7. The number of carbonyl (C=O) groups is 1. The number of halogens is 6. The predicted octanol–water partition coefficient (Wildman–Crippen LogP) is 5.38. The first-order valence-electron chi connectivity index (χ1n) is 8.73. The Kier molecular flexibility index (Phi) is 5.42. The number of benzene rings is 1. The van der Waals surface area contributed by atoms with Crippen LogP contribution in [0.25, 0.3) is 11.3 Å². The number of rotatable bonds is 4. The molecule has 0 amide bonds. The number of carboxylic acids is 1. The van der Waals surface area contributed by atoms with Gasteiger partial charge in [0.15, 0.2) is 0 Å². The van der Waals surface area contributed by atoms with E-state index in [4.69, 9.17) is 4.74 Å². The molecule has 2 heterocycles. The van der Waals surface area contributed by atoms with Crippen LogP contribution in [0.15, 0.2) is 24.3 Å². The molecule has 158 valence electrons. The molecule has 1 aliphatic heterocycles. The summed E-state index contributed by atoms with van der Waals surface area (Å²) in [5.74, 6) is -1.32. The van der Waals surface area contributed by atoms with Crippen molar-refractivity contribution in [1.82, 2.24) is 4.57 Å². The van der Waals surface area contributed by atoms with E-state index >= 15 is 0 Å². The molecular weight excluding hydrogens is 404 g/mol. The van der Waals surface area contributed by atoms with Crippen molar-refractivity contribution in [1.29, 1.82) is 0 Å². The fourth-order valence-corrected chi connectivity index (χ4v) is 3.43. The highest BCUT2D eigenvalue weighted by molar-refractivity contribution is 5.91. The summed E-state index contributed by atoms with van der Waals surface area (Å²) in [4.78, 5) is 11.5. The molecule has 1 unspecified atom stereocenters. The van der Waals surface area contributed by atoms with Crippen LogP contribution in [0.5, 0.6) is 0 Å². The van der Waals surface area contributed by atoms with E-state index in [0.29, 0.717) is 25.2 Å². The van der Waals surface area contributed by atoms with Crippen LogP contribution in [-0.4, -0.2) is 28.4 Å². The Bertz CT molecular complexity index is 891. The molecule has 29 heavy (non-hydrogen) atoms. The van der Waals surface area contributed by atoms with Crippen molar-refractivity contribution in [3.63, 3.8) is 0 Å². The van der Waals surface area contributed by atoms with Crippen molar-refractivity contribution in [2.75, 3.05) is 6.61 Å². The monoisotopic (exact) mass is 421 g/mol. The van der Waals surface area contributed by atoms with E-state index in [0.717, 1.165) is 12.5 Å². The molecule has 1 aromatic carbocycles. The SMILES string of the molecule is Cc1c(C(=O)O)cc(-c2cc(C(F)(F)F)cc(C(F)(F)F)c2)n1CC1CCCO1. The van der Waals surface area contributed by atoms with Crippen molar-refractivity contribution >= 4 is 5.97 Å². The van der Waals surface area contributed by atoms with Gasteiger partial charge in [0, 0.05) is 24.5 Å². The molecule has 1 fully saturated rings. The molecule has 1 N–H and O–H groups in total. The highest BCUT2D eigenvalue weighted by Gasteiger charge is 2.37. The van der Waals surface area contributed by atoms with E-state index in [9.17, 15) is 36.2 Å². The number of aromatic carboxylic acids is 1. The molecule has 4 nitrogen and oxygen atoms in total. The summed E-state index contributed by atoms with van der Waals surface area (Å²) in [7, 11) is 0. The molecule has 0 aliphatic carbocycles. The number of carboxylic acid groups (broad SMARTS) is 1. The second kappa shape index (κ2) is 7.40. The van der Waals surface area contributed by atoms with E-state index < -0.39 is 29.4 Å². The summed E-state index contributed by atoms with van der Waals surface area (Å²) in [6, 6.07) is 2.34. The van der Waals surface area contributed by atoms with Crippen LogP contribution >= 0.6 is 0 Å². The third-order valence-corrected chi connectivity index (χ3v) is 4.89. The molecule has 0 bridgehead atoms. The van der Waals surface area contributed by atoms with E-state index in [1.807, 2.05) is 0 Å². The molecule has 3 rings (SSSR count). The van der Waals surface area contributed by atoms with E-state index in [1.54, 1.807) is 0 Å². The maximum atomic E-state index is 13.2. The first-order chi connectivity index (χ1) is 13.4. The van der Waals surface area contributed by atoms with Gasteiger partial charge in [-0.05, 0) is 49.6 Å². The Hall–Kier alpha value is -2.49. The van der Waals surface area contributed by atoms with Gasteiger partial charge in [-0.15, -0.1) is 0 Å². The molecule has 1 atom stereocenters. The average Bonchev–Trinajstić information content (AvgIpc) is 3.22. The van der Waals surface area contributed by atoms with E-state index in [-0.39, 0.29) is 41.2 Å². The highest BCUT2D eigenvalue weighted by atomic mass is 19.4. The van der Waals surface area contributed by atoms with Crippen molar-refractivity contribution in [3.05, 3.63) is 46.6 Å². The second-order valence-corrected chi connectivity index (χ2v) is 6.87. The van der Waals surface area contributed by atoms with E-state index in [1.165, 1.54) is 11.5 Å². The summed E-state index contributed by atoms with van der Waals surface area (Å²) in [6.07, 6.45) is -8.85. The molecule has 10 heteroatoms. The van der Waals surface area contributed by atoms with Gasteiger partial charge in [-0.3, -0.25) is 0 Å². The first kappa shape index (κ1) is 21.2. The van der Waals surface area contributed by atoms with Crippen molar-refractivity contribution < 1.29 is 41.0 Å². The van der Waals surface area contributed by atoms with Gasteiger partial charge in [-0.2, -0.15) is 26.3 Å². The largest absolute Gasteiger partial charge is 0.478 e. The zero-order valence-corrected chi connectivity index (χ0v) is 15.2. The van der Waals surface area contributed by atoms with Crippen molar-refractivity contribution in [2.24, 2.45) is 0 Å². The molecule has 1 aliphatic rings. The van der Waals surface area contributed by atoms with Crippen LogP contribution in [0.3, 0.4) is 0 Å². The minimum absolute atomic E-state index is 0.0352. The Morgan fingerprint density at radius 2 is 1.69 bits per heavy atom. The lowest BCUT2D eigenvalue weighted by atomic mass is 10.0. The number of alkyl halides is 6. The highest BCUT2D eigenvalue weighted by Crippen LogP contribution is 2.39. The maximum absolute atomic E-state index is 13.2. The summed E-state index contributed by atoms with van der Waals surface area (Å²) in [5, 5.41) is 9.37. The zero-order chi connectivity index (χ0) is 21.6. The Balaban J connectivity index is 2.20.